The molecule has 1 atom stereocenters. The molecule has 1 unspecified atom stereocenters. The summed E-state index contributed by atoms with van der Waals surface area (Å²) in [5.41, 5.74) is 0. The van der Waals surface area contributed by atoms with Gasteiger partial charge in [0.2, 0.25) is 0 Å². The van der Waals surface area contributed by atoms with Gasteiger partial charge < -0.3 is 0 Å². The summed E-state index contributed by atoms with van der Waals surface area (Å²) in [7, 11) is -0.133. The van der Waals surface area contributed by atoms with E-state index in [2.05, 4.69) is 55.5 Å². The van der Waals surface area contributed by atoms with Gasteiger partial charge in [-0.1, -0.05) is 43.0 Å². The van der Waals surface area contributed by atoms with E-state index in [0.717, 1.165) is 6.42 Å². The highest BCUT2D eigenvalue weighted by Gasteiger charge is 2.43. The molecule has 1 heterocycles. The van der Waals surface area contributed by atoms with Gasteiger partial charge in [0.15, 0.2) is 20.8 Å². The number of benzene rings is 2. The van der Waals surface area contributed by atoms with Crippen molar-refractivity contribution in [3.05, 3.63) is 48.5 Å². The largest absolute Gasteiger partial charge is 0.294 e. The van der Waals surface area contributed by atoms with E-state index in [9.17, 15) is 4.79 Å². The molecule has 102 valence electrons. The van der Waals surface area contributed by atoms with E-state index in [0.29, 0.717) is 5.78 Å². The highest BCUT2D eigenvalue weighted by molar-refractivity contribution is 8.04. The summed E-state index contributed by atoms with van der Waals surface area (Å²) in [4.78, 5) is 17.4. The summed E-state index contributed by atoms with van der Waals surface area (Å²) in [6.45, 7) is 3.85. The number of ketones is 1. The van der Waals surface area contributed by atoms with Crippen molar-refractivity contribution in [3.8, 4) is 0 Å². The van der Waals surface area contributed by atoms with Crippen LogP contribution < -0.4 is 0 Å². The van der Waals surface area contributed by atoms with Crippen LogP contribution in [0.3, 0.4) is 0 Å². The Labute approximate surface area is 127 Å². The third kappa shape index (κ3) is 2.29. The number of hydrogen-bond acceptors (Lipinski definition) is 2. The van der Waals surface area contributed by atoms with E-state index < -0.39 is 0 Å². The molecule has 0 bridgehead atoms. The molecular formula is C17H17OS2+. The lowest BCUT2D eigenvalue weighted by Gasteiger charge is -2.23. The van der Waals surface area contributed by atoms with Crippen LogP contribution in [0.5, 0.6) is 0 Å². The second-order valence-electron chi connectivity index (χ2n) is 4.84. The van der Waals surface area contributed by atoms with Gasteiger partial charge >= 0.3 is 0 Å². The van der Waals surface area contributed by atoms with Crippen molar-refractivity contribution < 1.29 is 4.79 Å². The first kappa shape index (κ1) is 13.8. The molecular weight excluding hydrogens is 284 g/mol. The Hall–Kier alpha value is -1.19. The Kier molecular flexibility index (Phi) is 3.90. The first-order valence-electron chi connectivity index (χ1n) is 6.82. The number of rotatable bonds is 3. The number of carbonyl (C=O) groups excluding carboxylic acids is 1. The molecule has 0 amide bonds. The molecule has 0 radical (unpaired) electrons. The molecule has 1 aliphatic heterocycles. The number of Topliss-reactive ketones (excluding diaryl/α,β-unsaturated/α-hetero) is 1. The van der Waals surface area contributed by atoms with Gasteiger partial charge in [-0.25, -0.2) is 0 Å². The third-order valence-corrected chi connectivity index (χ3v) is 7.81. The summed E-state index contributed by atoms with van der Waals surface area (Å²) in [6, 6.07) is 17.0. The van der Waals surface area contributed by atoms with E-state index in [1.54, 1.807) is 6.92 Å². The molecule has 0 saturated heterocycles. The highest BCUT2D eigenvalue weighted by Crippen LogP contribution is 2.47. The quantitative estimate of drug-likeness (QED) is 0.773. The van der Waals surface area contributed by atoms with Gasteiger partial charge in [0.05, 0.1) is 20.7 Å². The van der Waals surface area contributed by atoms with Crippen molar-refractivity contribution in [2.75, 3.05) is 0 Å². The smallest absolute Gasteiger partial charge is 0.186 e. The van der Waals surface area contributed by atoms with Crippen LogP contribution in [0.1, 0.15) is 20.3 Å². The highest BCUT2D eigenvalue weighted by atomic mass is 32.2. The Balaban J connectivity index is 2.19. The normalized spacial score (nSPS) is 15.3. The Bertz CT molecular complexity index is 605. The summed E-state index contributed by atoms with van der Waals surface area (Å²) in [5.74, 6) is 0.298. The van der Waals surface area contributed by atoms with Crippen LogP contribution in [0.2, 0.25) is 0 Å². The zero-order valence-electron chi connectivity index (χ0n) is 11.6. The monoisotopic (exact) mass is 301 g/mol. The minimum atomic E-state index is -0.133. The van der Waals surface area contributed by atoms with Crippen molar-refractivity contribution in [2.24, 2.45) is 0 Å². The average molecular weight is 301 g/mol. The molecule has 2 aromatic rings. The van der Waals surface area contributed by atoms with Gasteiger partial charge in [-0.05, 0) is 31.2 Å². The molecule has 0 fully saturated rings. The molecule has 2 aromatic carbocycles. The molecule has 20 heavy (non-hydrogen) atoms. The molecule has 3 heteroatoms. The van der Waals surface area contributed by atoms with Crippen LogP contribution in [-0.2, 0) is 15.7 Å². The number of hydrogen-bond donors (Lipinski definition) is 0. The topological polar surface area (TPSA) is 17.1 Å². The fraction of sp³-hybridized carbons (Fsp3) is 0.235. The lowest BCUT2D eigenvalue weighted by atomic mass is 10.2. The molecule has 1 nitrogen and oxygen atoms in total. The maximum Gasteiger partial charge on any atom is 0.186 e. The fourth-order valence-corrected chi connectivity index (χ4v) is 6.79. The van der Waals surface area contributed by atoms with E-state index in [4.69, 9.17) is 0 Å². The van der Waals surface area contributed by atoms with Gasteiger partial charge in [0.25, 0.3) is 0 Å². The van der Waals surface area contributed by atoms with Crippen LogP contribution in [0, 0.1) is 0 Å². The van der Waals surface area contributed by atoms with Crippen LogP contribution in [-0.4, -0.2) is 11.0 Å². The van der Waals surface area contributed by atoms with Crippen molar-refractivity contribution in [3.63, 3.8) is 0 Å². The van der Waals surface area contributed by atoms with Crippen molar-refractivity contribution in [2.45, 2.75) is 45.1 Å². The predicted molar refractivity (Wildman–Crippen MR) is 85.7 cm³/mol. The van der Waals surface area contributed by atoms with E-state index >= 15 is 0 Å². The van der Waals surface area contributed by atoms with Gasteiger partial charge in [0.1, 0.15) is 0 Å². The maximum absolute atomic E-state index is 12.1. The van der Waals surface area contributed by atoms with E-state index in [-0.39, 0.29) is 16.1 Å². The van der Waals surface area contributed by atoms with Crippen LogP contribution >= 0.6 is 11.8 Å². The average Bonchev–Trinajstić information content (AvgIpc) is 2.47. The van der Waals surface area contributed by atoms with E-state index in [1.807, 2.05) is 11.8 Å². The Morgan fingerprint density at radius 2 is 1.55 bits per heavy atom. The minimum Gasteiger partial charge on any atom is -0.294 e. The van der Waals surface area contributed by atoms with Crippen LogP contribution in [0.25, 0.3) is 0 Å². The third-order valence-electron chi connectivity index (χ3n) is 3.50. The molecule has 0 aromatic heterocycles. The molecule has 0 aliphatic carbocycles. The Morgan fingerprint density at radius 3 is 2.00 bits per heavy atom. The first-order chi connectivity index (χ1) is 9.72. The predicted octanol–water partition coefficient (Wildman–Crippen LogP) is 4.56. The second-order valence-corrected chi connectivity index (χ2v) is 8.05. The Morgan fingerprint density at radius 1 is 1.05 bits per heavy atom. The molecule has 3 rings (SSSR count). The van der Waals surface area contributed by atoms with Crippen LogP contribution in [0.15, 0.2) is 68.1 Å². The number of fused-ring (bicyclic) bond motifs is 2. The van der Waals surface area contributed by atoms with Gasteiger partial charge in [0, 0.05) is 6.42 Å². The lowest BCUT2D eigenvalue weighted by molar-refractivity contribution is -0.116. The summed E-state index contributed by atoms with van der Waals surface area (Å²) >= 11 is 1.82. The second kappa shape index (κ2) is 5.66. The number of carbonyl (C=O) groups is 1. The van der Waals surface area contributed by atoms with Crippen LogP contribution in [0.4, 0.5) is 0 Å². The molecule has 1 aliphatic rings. The zero-order valence-corrected chi connectivity index (χ0v) is 13.3. The van der Waals surface area contributed by atoms with Gasteiger partial charge in [-0.3, -0.25) is 4.79 Å². The molecule has 0 spiro atoms. The summed E-state index contributed by atoms with van der Waals surface area (Å²) < 4.78 is 0. The van der Waals surface area contributed by atoms with Crippen molar-refractivity contribution in [1.29, 1.82) is 0 Å². The SMILES string of the molecule is CCC(C(C)=O)[S+]1c2ccccc2Sc2ccccc21. The van der Waals surface area contributed by atoms with E-state index in [1.165, 1.54) is 19.6 Å². The summed E-state index contributed by atoms with van der Waals surface area (Å²) in [6.07, 6.45) is 0.895. The van der Waals surface area contributed by atoms with Crippen molar-refractivity contribution >= 4 is 28.4 Å². The minimum absolute atomic E-state index is 0.0956. The maximum atomic E-state index is 12.1. The standard InChI is InChI=1S/C17H17OS2/c1-3-15(12(2)18)20-16-10-6-4-8-13(16)19-14-9-5-7-11-17(14)20/h4-11,15H,3H2,1-2H3/q+1. The molecule has 0 N–H and O–H groups in total. The lowest BCUT2D eigenvalue weighted by Crippen LogP contribution is -2.30. The first-order valence-corrected chi connectivity index (χ1v) is 8.92. The summed E-state index contributed by atoms with van der Waals surface area (Å²) in [5, 5.41) is 0.0956. The molecule has 0 saturated carbocycles. The van der Waals surface area contributed by atoms with Gasteiger partial charge in [-0.15, -0.1) is 0 Å². The van der Waals surface area contributed by atoms with Gasteiger partial charge in [-0.2, -0.15) is 0 Å². The zero-order chi connectivity index (χ0) is 14.1. The fourth-order valence-electron chi connectivity index (χ4n) is 2.60. The van der Waals surface area contributed by atoms with Crippen molar-refractivity contribution in [1.82, 2.24) is 0 Å².